The molecular weight excluding hydrogens is 520 g/mol. The zero-order chi connectivity index (χ0) is 28.3. The molecule has 200 valence electrons. The van der Waals surface area contributed by atoms with Crippen LogP contribution in [0.15, 0.2) is 162 Å². The van der Waals surface area contributed by atoms with Gasteiger partial charge in [0.1, 0.15) is 11.2 Å². The molecule has 0 N–H and O–H groups in total. The first-order valence-electron chi connectivity index (χ1n) is 14.8. The molecule has 0 fully saturated rings. The highest BCUT2D eigenvalue weighted by molar-refractivity contribution is 6.28. The monoisotopic (exact) mass is 546 g/mol. The van der Waals surface area contributed by atoms with Crippen LogP contribution < -0.4 is 0 Å². The standard InChI is InChI=1S/C42H26O/c1-2-14-27(15-3-1)29-17-6-7-20-32(29)39-33-21-8-10-23-35(33)40(36-24-11-9-22-34(36)39)41-30-18-5-4-16-28(30)26-37-31-19-12-13-25-38(31)43-42(37)41/h1-26H. The van der Waals surface area contributed by atoms with Crippen LogP contribution in [0.5, 0.6) is 0 Å². The van der Waals surface area contributed by atoms with E-state index in [1.54, 1.807) is 0 Å². The minimum atomic E-state index is 0.913. The van der Waals surface area contributed by atoms with Gasteiger partial charge in [-0.25, -0.2) is 0 Å². The van der Waals surface area contributed by atoms with E-state index >= 15 is 0 Å². The topological polar surface area (TPSA) is 13.1 Å². The van der Waals surface area contributed by atoms with Gasteiger partial charge < -0.3 is 4.42 Å². The molecule has 0 radical (unpaired) electrons. The van der Waals surface area contributed by atoms with Gasteiger partial charge in [0.05, 0.1) is 0 Å². The van der Waals surface area contributed by atoms with Gasteiger partial charge in [-0.05, 0) is 66.7 Å². The van der Waals surface area contributed by atoms with Crippen molar-refractivity contribution in [2.45, 2.75) is 0 Å². The summed E-state index contributed by atoms with van der Waals surface area (Å²) in [5.74, 6) is 0. The molecule has 0 aliphatic heterocycles. The number of fused-ring (bicyclic) bond motifs is 6. The van der Waals surface area contributed by atoms with Gasteiger partial charge in [-0.1, -0.05) is 146 Å². The van der Waals surface area contributed by atoms with E-state index in [4.69, 9.17) is 4.42 Å². The zero-order valence-corrected chi connectivity index (χ0v) is 23.4. The molecule has 1 aromatic heterocycles. The lowest BCUT2D eigenvalue weighted by atomic mass is 9.82. The van der Waals surface area contributed by atoms with E-state index in [0.717, 1.165) is 27.5 Å². The van der Waals surface area contributed by atoms with E-state index in [1.165, 1.54) is 60.1 Å². The number of furan rings is 1. The van der Waals surface area contributed by atoms with E-state index in [1.807, 2.05) is 6.07 Å². The van der Waals surface area contributed by atoms with Gasteiger partial charge in [-0.3, -0.25) is 0 Å². The van der Waals surface area contributed by atoms with Crippen LogP contribution in [0.3, 0.4) is 0 Å². The van der Waals surface area contributed by atoms with Gasteiger partial charge in [0, 0.05) is 21.9 Å². The fourth-order valence-electron chi connectivity index (χ4n) is 7.03. The van der Waals surface area contributed by atoms with Crippen molar-refractivity contribution in [3.8, 4) is 33.4 Å². The molecule has 0 unspecified atom stereocenters. The Labute approximate surface area is 249 Å². The maximum atomic E-state index is 6.74. The predicted octanol–water partition coefficient (Wildman–Crippen LogP) is 12.0. The summed E-state index contributed by atoms with van der Waals surface area (Å²) in [7, 11) is 0. The largest absolute Gasteiger partial charge is 0.455 e. The molecule has 0 amide bonds. The van der Waals surface area contributed by atoms with Crippen LogP contribution in [-0.2, 0) is 0 Å². The lowest BCUT2D eigenvalue weighted by Gasteiger charge is -2.20. The van der Waals surface area contributed by atoms with E-state index in [9.17, 15) is 0 Å². The van der Waals surface area contributed by atoms with Crippen LogP contribution in [0, 0.1) is 0 Å². The average molecular weight is 547 g/mol. The Morgan fingerprint density at radius 1 is 0.326 bits per heavy atom. The van der Waals surface area contributed by atoms with Crippen molar-refractivity contribution in [2.75, 3.05) is 0 Å². The van der Waals surface area contributed by atoms with Crippen LogP contribution >= 0.6 is 0 Å². The summed E-state index contributed by atoms with van der Waals surface area (Å²) in [4.78, 5) is 0. The lowest BCUT2D eigenvalue weighted by molar-refractivity contribution is 0.670. The van der Waals surface area contributed by atoms with Gasteiger partial charge in [-0.15, -0.1) is 0 Å². The van der Waals surface area contributed by atoms with Crippen molar-refractivity contribution in [3.05, 3.63) is 158 Å². The van der Waals surface area contributed by atoms with Crippen molar-refractivity contribution in [1.29, 1.82) is 0 Å². The Kier molecular flexibility index (Phi) is 5.27. The summed E-state index contributed by atoms with van der Waals surface area (Å²) < 4.78 is 6.74. The van der Waals surface area contributed by atoms with Crippen LogP contribution in [0.25, 0.3) is 87.6 Å². The number of hydrogen-bond donors (Lipinski definition) is 0. The summed E-state index contributed by atoms with van der Waals surface area (Å²) in [6.45, 7) is 0. The van der Waals surface area contributed by atoms with Gasteiger partial charge in [0.2, 0.25) is 0 Å². The van der Waals surface area contributed by atoms with E-state index in [0.29, 0.717) is 0 Å². The molecule has 1 nitrogen and oxygen atoms in total. The molecule has 8 aromatic carbocycles. The quantitative estimate of drug-likeness (QED) is 0.201. The van der Waals surface area contributed by atoms with Crippen molar-refractivity contribution >= 4 is 54.3 Å². The molecule has 0 bridgehead atoms. The predicted molar refractivity (Wildman–Crippen MR) is 183 cm³/mol. The Morgan fingerprint density at radius 3 is 1.53 bits per heavy atom. The Bertz CT molecular complexity index is 2440. The molecule has 1 heterocycles. The normalized spacial score (nSPS) is 11.7. The molecule has 0 spiro atoms. The second-order valence-corrected chi connectivity index (χ2v) is 11.2. The maximum absolute atomic E-state index is 6.74. The second kappa shape index (κ2) is 9.44. The van der Waals surface area contributed by atoms with E-state index in [-0.39, 0.29) is 0 Å². The Balaban J connectivity index is 1.49. The third-order valence-corrected chi connectivity index (χ3v) is 8.85. The second-order valence-electron chi connectivity index (χ2n) is 11.2. The highest BCUT2D eigenvalue weighted by Gasteiger charge is 2.23. The molecule has 0 aliphatic carbocycles. The van der Waals surface area contributed by atoms with Crippen LogP contribution in [0.1, 0.15) is 0 Å². The van der Waals surface area contributed by atoms with Gasteiger partial charge in [0.25, 0.3) is 0 Å². The zero-order valence-electron chi connectivity index (χ0n) is 23.4. The fraction of sp³-hybridized carbons (Fsp3) is 0. The van der Waals surface area contributed by atoms with Crippen molar-refractivity contribution in [2.24, 2.45) is 0 Å². The summed E-state index contributed by atoms with van der Waals surface area (Å²) in [6, 6.07) is 56.7. The van der Waals surface area contributed by atoms with Crippen LogP contribution in [0.4, 0.5) is 0 Å². The first-order chi connectivity index (χ1) is 21.4. The molecular formula is C42H26O. The average Bonchev–Trinajstić information content (AvgIpc) is 3.45. The molecule has 0 saturated heterocycles. The van der Waals surface area contributed by atoms with E-state index < -0.39 is 0 Å². The summed E-state index contributed by atoms with van der Waals surface area (Å²) in [6.07, 6.45) is 0. The van der Waals surface area contributed by atoms with Crippen molar-refractivity contribution < 1.29 is 4.42 Å². The van der Waals surface area contributed by atoms with Crippen molar-refractivity contribution in [1.82, 2.24) is 0 Å². The van der Waals surface area contributed by atoms with E-state index in [2.05, 4.69) is 152 Å². The molecule has 0 aliphatic rings. The summed E-state index contributed by atoms with van der Waals surface area (Å²) >= 11 is 0. The Morgan fingerprint density at radius 2 is 0.837 bits per heavy atom. The highest BCUT2D eigenvalue weighted by atomic mass is 16.3. The molecule has 0 saturated carbocycles. The smallest absolute Gasteiger partial charge is 0.143 e. The molecule has 43 heavy (non-hydrogen) atoms. The minimum Gasteiger partial charge on any atom is -0.455 e. The van der Waals surface area contributed by atoms with Crippen LogP contribution in [-0.4, -0.2) is 0 Å². The first kappa shape index (κ1) is 24.0. The molecule has 0 atom stereocenters. The highest BCUT2D eigenvalue weighted by Crippen LogP contribution is 2.50. The fourth-order valence-corrected chi connectivity index (χ4v) is 7.03. The SMILES string of the molecule is c1ccc(-c2ccccc2-c2c3ccccc3c(-c3c4ccccc4cc4c3oc3ccccc34)c3ccccc23)cc1. The lowest BCUT2D eigenvalue weighted by Crippen LogP contribution is -1.93. The molecule has 9 aromatic rings. The first-order valence-corrected chi connectivity index (χ1v) is 14.8. The van der Waals surface area contributed by atoms with Crippen LogP contribution in [0.2, 0.25) is 0 Å². The third kappa shape index (κ3) is 3.58. The summed E-state index contributed by atoms with van der Waals surface area (Å²) in [5, 5.41) is 9.61. The number of hydrogen-bond acceptors (Lipinski definition) is 1. The maximum Gasteiger partial charge on any atom is 0.143 e. The van der Waals surface area contributed by atoms with Crippen molar-refractivity contribution in [3.63, 3.8) is 0 Å². The number of benzene rings is 8. The number of para-hydroxylation sites is 1. The van der Waals surface area contributed by atoms with Gasteiger partial charge >= 0.3 is 0 Å². The van der Waals surface area contributed by atoms with Gasteiger partial charge in [-0.2, -0.15) is 0 Å². The summed E-state index contributed by atoms with van der Waals surface area (Å²) in [5.41, 5.74) is 9.16. The molecule has 9 rings (SSSR count). The number of rotatable bonds is 3. The molecule has 1 heteroatoms. The Hall–Kier alpha value is -5.66. The van der Waals surface area contributed by atoms with Gasteiger partial charge in [0.15, 0.2) is 0 Å². The third-order valence-electron chi connectivity index (χ3n) is 8.85. The minimum absolute atomic E-state index is 0.913.